The lowest BCUT2D eigenvalue weighted by molar-refractivity contribution is -0.0498. The molecule has 0 aromatic heterocycles. The highest BCUT2D eigenvalue weighted by Crippen LogP contribution is 2.19. The van der Waals surface area contributed by atoms with Gasteiger partial charge >= 0.3 is 6.61 Å². The SMILES string of the molecule is CCNC(=NCC(O)c1ccc(OC(F)F)cc1)NCCCN(C)S(=O)(=O)CC. The van der Waals surface area contributed by atoms with E-state index in [2.05, 4.69) is 20.4 Å². The monoisotopic (exact) mass is 436 g/mol. The minimum atomic E-state index is -3.20. The lowest BCUT2D eigenvalue weighted by Crippen LogP contribution is -2.39. The smallest absolute Gasteiger partial charge is 0.387 e. The summed E-state index contributed by atoms with van der Waals surface area (Å²) in [6.45, 7) is 2.18. The zero-order valence-corrected chi connectivity index (χ0v) is 17.8. The fraction of sp³-hybridized carbons (Fsp3) is 0.611. The van der Waals surface area contributed by atoms with Gasteiger partial charge in [0.1, 0.15) is 5.75 Å². The summed E-state index contributed by atoms with van der Waals surface area (Å²) in [5.74, 6) is 0.573. The summed E-state index contributed by atoms with van der Waals surface area (Å²) in [4.78, 5) is 4.30. The van der Waals surface area contributed by atoms with Gasteiger partial charge in [-0.1, -0.05) is 12.1 Å². The summed E-state index contributed by atoms with van der Waals surface area (Å²) in [5.41, 5.74) is 0.526. The molecule has 1 rings (SSSR count). The molecule has 1 atom stereocenters. The van der Waals surface area contributed by atoms with Crippen LogP contribution in [0.15, 0.2) is 29.3 Å². The minimum Gasteiger partial charge on any atom is -0.435 e. The molecule has 0 bridgehead atoms. The Hall–Kier alpha value is -1.98. The Balaban J connectivity index is 2.54. The van der Waals surface area contributed by atoms with Crippen molar-refractivity contribution >= 4 is 16.0 Å². The van der Waals surface area contributed by atoms with Gasteiger partial charge in [-0.3, -0.25) is 4.99 Å². The summed E-state index contributed by atoms with van der Waals surface area (Å²) < 4.78 is 53.4. The number of hydrogen-bond acceptors (Lipinski definition) is 5. The molecule has 3 N–H and O–H groups in total. The van der Waals surface area contributed by atoms with Crippen molar-refractivity contribution in [3.05, 3.63) is 29.8 Å². The Morgan fingerprint density at radius 1 is 1.24 bits per heavy atom. The first-order valence-corrected chi connectivity index (χ1v) is 11.0. The van der Waals surface area contributed by atoms with Gasteiger partial charge < -0.3 is 20.5 Å². The van der Waals surface area contributed by atoms with Crippen LogP contribution in [0.3, 0.4) is 0 Å². The van der Waals surface area contributed by atoms with E-state index in [4.69, 9.17) is 0 Å². The van der Waals surface area contributed by atoms with Gasteiger partial charge in [0, 0.05) is 26.7 Å². The molecule has 1 unspecified atom stereocenters. The Bertz CT molecular complexity index is 730. The van der Waals surface area contributed by atoms with Crippen LogP contribution >= 0.6 is 0 Å². The van der Waals surface area contributed by atoms with Crippen LogP contribution < -0.4 is 15.4 Å². The van der Waals surface area contributed by atoms with Crippen LogP contribution in [0.4, 0.5) is 8.78 Å². The quantitative estimate of drug-likeness (QED) is 0.261. The molecule has 0 amide bonds. The number of guanidine groups is 1. The molecule has 0 aliphatic rings. The summed E-state index contributed by atoms with van der Waals surface area (Å²) in [6, 6.07) is 5.72. The van der Waals surface area contributed by atoms with Crippen LogP contribution in [0.1, 0.15) is 31.9 Å². The molecule has 0 fully saturated rings. The highest BCUT2D eigenvalue weighted by Gasteiger charge is 2.14. The molecule has 0 saturated heterocycles. The van der Waals surface area contributed by atoms with Crippen molar-refractivity contribution in [2.75, 3.05) is 39.0 Å². The number of alkyl halides is 2. The zero-order chi connectivity index (χ0) is 21.9. The van der Waals surface area contributed by atoms with E-state index in [-0.39, 0.29) is 18.0 Å². The lowest BCUT2D eigenvalue weighted by Gasteiger charge is -2.17. The summed E-state index contributed by atoms with van der Waals surface area (Å²) in [7, 11) is -1.65. The van der Waals surface area contributed by atoms with E-state index in [1.54, 1.807) is 14.0 Å². The van der Waals surface area contributed by atoms with Crippen LogP contribution in [0.2, 0.25) is 0 Å². The van der Waals surface area contributed by atoms with Gasteiger partial charge in [0.2, 0.25) is 10.0 Å². The lowest BCUT2D eigenvalue weighted by atomic mass is 10.1. The van der Waals surface area contributed by atoms with Crippen LogP contribution in [0.25, 0.3) is 0 Å². The highest BCUT2D eigenvalue weighted by atomic mass is 32.2. The third-order valence-electron chi connectivity index (χ3n) is 4.04. The first-order valence-electron chi connectivity index (χ1n) is 9.38. The molecular formula is C18H30F2N4O4S. The van der Waals surface area contributed by atoms with Gasteiger partial charge in [-0.25, -0.2) is 12.7 Å². The summed E-state index contributed by atoms with van der Waals surface area (Å²) in [5, 5.41) is 16.4. The second kappa shape index (κ2) is 12.6. The van der Waals surface area contributed by atoms with Crippen LogP contribution in [0, 0.1) is 0 Å². The number of sulfonamides is 1. The number of aliphatic hydroxyl groups is 1. The number of benzene rings is 1. The number of hydrogen-bond donors (Lipinski definition) is 3. The van der Waals surface area contributed by atoms with E-state index in [1.807, 2.05) is 6.92 Å². The van der Waals surface area contributed by atoms with Gasteiger partial charge in [-0.2, -0.15) is 8.78 Å². The predicted molar refractivity (Wildman–Crippen MR) is 109 cm³/mol. The molecule has 0 saturated carbocycles. The van der Waals surface area contributed by atoms with Crippen molar-refractivity contribution < 1.29 is 27.0 Å². The van der Waals surface area contributed by atoms with Crippen molar-refractivity contribution in [2.45, 2.75) is 33.0 Å². The Labute approximate surface area is 171 Å². The van der Waals surface area contributed by atoms with Crippen molar-refractivity contribution in [3.63, 3.8) is 0 Å². The standard InChI is InChI=1S/C18H30F2N4O4S/c1-4-21-18(22-11-6-12-24(3)29(26,27)5-2)23-13-16(25)14-7-9-15(10-8-14)28-17(19)20/h7-10,16-17,25H,4-6,11-13H2,1-3H3,(H2,21,22,23). The molecule has 0 aliphatic heterocycles. The predicted octanol–water partition coefficient (Wildman–Crippen LogP) is 1.55. The third kappa shape index (κ3) is 9.37. The number of aliphatic hydroxyl groups excluding tert-OH is 1. The van der Waals surface area contributed by atoms with Gasteiger partial charge in [0.15, 0.2) is 5.96 Å². The van der Waals surface area contributed by atoms with Gasteiger partial charge in [0.25, 0.3) is 0 Å². The number of nitrogens with one attached hydrogen (secondary N) is 2. The van der Waals surface area contributed by atoms with E-state index in [1.165, 1.54) is 28.6 Å². The second-order valence-corrected chi connectivity index (χ2v) is 8.55. The van der Waals surface area contributed by atoms with E-state index >= 15 is 0 Å². The van der Waals surface area contributed by atoms with Crippen molar-refractivity contribution in [1.29, 1.82) is 0 Å². The Kier molecular flexibility index (Phi) is 10.8. The van der Waals surface area contributed by atoms with E-state index in [0.717, 1.165) is 0 Å². The van der Waals surface area contributed by atoms with Crippen molar-refractivity contribution in [1.82, 2.24) is 14.9 Å². The number of ether oxygens (including phenoxy) is 1. The molecule has 29 heavy (non-hydrogen) atoms. The fourth-order valence-corrected chi connectivity index (χ4v) is 3.21. The van der Waals surface area contributed by atoms with Crippen molar-refractivity contribution in [3.8, 4) is 5.75 Å². The third-order valence-corrected chi connectivity index (χ3v) is 5.90. The molecule has 0 heterocycles. The molecule has 166 valence electrons. The number of nitrogens with zero attached hydrogens (tertiary/aromatic N) is 2. The molecule has 0 aliphatic carbocycles. The maximum absolute atomic E-state index is 12.2. The molecule has 1 aromatic carbocycles. The first kappa shape index (κ1) is 25.1. The van der Waals surface area contributed by atoms with E-state index in [0.29, 0.717) is 37.6 Å². The summed E-state index contributed by atoms with van der Waals surface area (Å²) >= 11 is 0. The Morgan fingerprint density at radius 3 is 2.45 bits per heavy atom. The molecule has 8 nitrogen and oxygen atoms in total. The average molecular weight is 437 g/mol. The maximum atomic E-state index is 12.2. The molecule has 0 radical (unpaired) electrons. The van der Waals surface area contributed by atoms with E-state index in [9.17, 15) is 22.3 Å². The fourth-order valence-electron chi connectivity index (χ4n) is 2.36. The number of rotatable bonds is 12. The topological polar surface area (TPSA) is 103 Å². The minimum absolute atomic E-state index is 0.0181. The zero-order valence-electron chi connectivity index (χ0n) is 16.9. The summed E-state index contributed by atoms with van der Waals surface area (Å²) in [6.07, 6.45) is -0.319. The molecule has 11 heteroatoms. The largest absolute Gasteiger partial charge is 0.435 e. The van der Waals surface area contributed by atoms with Crippen molar-refractivity contribution in [2.24, 2.45) is 4.99 Å². The van der Waals surface area contributed by atoms with Crippen LogP contribution in [0.5, 0.6) is 5.75 Å². The molecule has 1 aromatic rings. The molecular weight excluding hydrogens is 406 g/mol. The normalized spacial score (nSPS) is 13.6. The number of halogens is 2. The van der Waals surface area contributed by atoms with Gasteiger partial charge in [-0.05, 0) is 38.0 Å². The molecule has 0 spiro atoms. The average Bonchev–Trinajstić information content (AvgIpc) is 2.68. The number of aliphatic imine (C=N–C) groups is 1. The second-order valence-electron chi connectivity index (χ2n) is 6.19. The highest BCUT2D eigenvalue weighted by molar-refractivity contribution is 7.89. The first-order chi connectivity index (χ1) is 13.7. The Morgan fingerprint density at radius 2 is 1.90 bits per heavy atom. The van der Waals surface area contributed by atoms with Crippen LogP contribution in [-0.2, 0) is 10.0 Å². The maximum Gasteiger partial charge on any atom is 0.387 e. The van der Waals surface area contributed by atoms with E-state index < -0.39 is 22.7 Å². The van der Waals surface area contributed by atoms with Gasteiger partial charge in [0.05, 0.1) is 18.4 Å². The van der Waals surface area contributed by atoms with Crippen LogP contribution in [-0.4, -0.2) is 69.4 Å². The van der Waals surface area contributed by atoms with Gasteiger partial charge in [-0.15, -0.1) is 0 Å².